The molecule has 4 aromatic rings. The molecule has 0 aliphatic carbocycles. The number of rotatable bonds is 6. The number of Topliss-reactive ketones (excluding diaryl/α,β-unsaturated/α-hetero) is 1. The Bertz CT molecular complexity index is 1520. The maximum atomic E-state index is 13.5. The molecular formula is C31H28N2O4. The first-order chi connectivity index (χ1) is 17.9. The summed E-state index contributed by atoms with van der Waals surface area (Å²) in [6.45, 7) is 6.61. The highest BCUT2D eigenvalue weighted by Crippen LogP contribution is 2.44. The van der Waals surface area contributed by atoms with Gasteiger partial charge in [-0.1, -0.05) is 56.3 Å². The maximum absolute atomic E-state index is 13.5. The van der Waals surface area contributed by atoms with Crippen molar-refractivity contribution in [3.8, 4) is 5.75 Å². The fourth-order valence-electron chi connectivity index (χ4n) is 4.72. The molecular weight excluding hydrogens is 464 g/mol. The minimum absolute atomic E-state index is 0.0289. The monoisotopic (exact) mass is 492 g/mol. The minimum atomic E-state index is -0.836. The predicted octanol–water partition coefficient (Wildman–Crippen LogP) is 6.20. The molecule has 37 heavy (non-hydrogen) atoms. The third-order valence-electron chi connectivity index (χ3n) is 6.49. The molecule has 1 N–H and O–H groups in total. The zero-order chi connectivity index (χ0) is 26.1. The fraction of sp³-hybridized carbons (Fsp3) is 0.194. The molecule has 1 aliphatic rings. The topological polar surface area (TPSA) is 79.7 Å². The summed E-state index contributed by atoms with van der Waals surface area (Å²) in [7, 11) is 0. The van der Waals surface area contributed by atoms with Gasteiger partial charge in [-0.2, -0.15) is 0 Å². The summed E-state index contributed by atoms with van der Waals surface area (Å²) in [5.41, 5.74) is 2.53. The minimum Gasteiger partial charge on any atom is -0.507 e. The van der Waals surface area contributed by atoms with Gasteiger partial charge >= 0.3 is 0 Å². The highest BCUT2D eigenvalue weighted by Gasteiger charge is 2.47. The Morgan fingerprint density at radius 2 is 1.81 bits per heavy atom. The number of aliphatic hydroxyl groups is 1. The van der Waals surface area contributed by atoms with Gasteiger partial charge in [0.05, 0.1) is 23.9 Å². The van der Waals surface area contributed by atoms with Crippen LogP contribution in [0.4, 0.5) is 5.69 Å². The number of ether oxygens (including phenoxy) is 1. The largest absolute Gasteiger partial charge is 0.507 e. The van der Waals surface area contributed by atoms with Gasteiger partial charge in [0.1, 0.15) is 11.5 Å². The molecule has 0 bridgehead atoms. The second-order valence-electron chi connectivity index (χ2n) is 9.64. The third-order valence-corrected chi connectivity index (χ3v) is 6.49. The summed E-state index contributed by atoms with van der Waals surface area (Å²) in [6.07, 6.45) is 3.25. The van der Waals surface area contributed by atoms with E-state index < -0.39 is 17.7 Å². The van der Waals surface area contributed by atoms with Crippen molar-refractivity contribution < 1.29 is 19.4 Å². The molecule has 3 aromatic carbocycles. The van der Waals surface area contributed by atoms with Crippen LogP contribution in [0.15, 0.2) is 90.8 Å². The first-order valence-electron chi connectivity index (χ1n) is 12.3. The number of anilines is 1. The Hall–Kier alpha value is -4.45. The molecule has 0 radical (unpaired) electrons. The Kier molecular flexibility index (Phi) is 6.49. The number of hydrogen-bond acceptors (Lipinski definition) is 5. The van der Waals surface area contributed by atoms with E-state index in [1.165, 1.54) is 4.90 Å². The van der Waals surface area contributed by atoms with Crippen LogP contribution in [-0.4, -0.2) is 28.4 Å². The molecule has 0 saturated carbocycles. The van der Waals surface area contributed by atoms with E-state index in [1.54, 1.807) is 36.7 Å². The van der Waals surface area contributed by atoms with Crippen molar-refractivity contribution >= 4 is 33.9 Å². The van der Waals surface area contributed by atoms with Crippen molar-refractivity contribution in [2.45, 2.75) is 26.8 Å². The zero-order valence-corrected chi connectivity index (χ0v) is 21.0. The van der Waals surface area contributed by atoms with E-state index in [1.807, 2.05) is 55.5 Å². The summed E-state index contributed by atoms with van der Waals surface area (Å²) in [5, 5.41) is 13.3. The SMILES string of the molecule is Cc1cc(/C(O)=C2\C(=O)C(=O)N(c3cccc4ccccc34)C2c2cccnc2)ccc1OCC(C)C. The number of aromatic nitrogens is 1. The van der Waals surface area contributed by atoms with Crippen LogP contribution in [-0.2, 0) is 9.59 Å². The molecule has 6 nitrogen and oxygen atoms in total. The number of pyridine rings is 1. The molecule has 1 aliphatic heterocycles. The lowest BCUT2D eigenvalue weighted by Gasteiger charge is -2.26. The molecule has 2 heterocycles. The Balaban J connectivity index is 1.67. The number of fused-ring (bicyclic) bond motifs is 1. The Morgan fingerprint density at radius 1 is 1.03 bits per heavy atom. The standard InChI is InChI=1S/C31H28N2O4/c1-19(2)18-37-26-14-13-22(16-20(26)3)29(34)27-28(23-10-7-15-32-17-23)33(31(36)30(27)35)25-12-6-9-21-8-4-5-11-24(21)25/h4-17,19,28,34H,18H2,1-3H3/b29-27+. The molecule has 1 aromatic heterocycles. The molecule has 1 amide bonds. The molecule has 0 spiro atoms. The van der Waals surface area contributed by atoms with Crippen LogP contribution in [0.3, 0.4) is 0 Å². The van der Waals surface area contributed by atoms with Crippen molar-refractivity contribution in [1.29, 1.82) is 0 Å². The molecule has 5 rings (SSSR count). The van der Waals surface area contributed by atoms with E-state index >= 15 is 0 Å². The van der Waals surface area contributed by atoms with E-state index in [2.05, 4.69) is 18.8 Å². The number of ketones is 1. The molecule has 1 atom stereocenters. The van der Waals surface area contributed by atoms with Crippen molar-refractivity contribution in [2.75, 3.05) is 11.5 Å². The zero-order valence-electron chi connectivity index (χ0n) is 21.0. The summed E-state index contributed by atoms with van der Waals surface area (Å²) >= 11 is 0. The van der Waals surface area contributed by atoms with E-state index in [4.69, 9.17) is 4.74 Å². The smallest absolute Gasteiger partial charge is 0.300 e. The van der Waals surface area contributed by atoms with Crippen LogP contribution >= 0.6 is 0 Å². The lowest BCUT2D eigenvalue weighted by molar-refractivity contribution is -0.132. The highest BCUT2D eigenvalue weighted by molar-refractivity contribution is 6.52. The van der Waals surface area contributed by atoms with Crippen LogP contribution in [0.5, 0.6) is 5.75 Å². The van der Waals surface area contributed by atoms with Crippen molar-refractivity contribution in [2.24, 2.45) is 5.92 Å². The molecule has 1 fully saturated rings. The number of aliphatic hydroxyl groups excluding tert-OH is 1. The van der Waals surface area contributed by atoms with Gasteiger partial charge < -0.3 is 9.84 Å². The number of aryl methyl sites for hydroxylation is 1. The van der Waals surface area contributed by atoms with Gasteiger partial charge in [-0.05, 0) is 59.7 Å². The maximum Gasteiger partial charge on any atom is 0.300 e. The Labute approximate surface area is 215 Å². The van der Waals surface area contributed by atoms with Crippen LogP contribution in [0.2, 0.25) is 0 Å². The molecule has 1 saturated heterocycles. The third kappa shape index (κ3) is 4.47. The van der Waals surface area contributed by atoms with Crippen molar-refractivity contribution in [3.05, 3.63) is 107 Å². The van der Waals surface area contributed by atoms with Gasteiger partial charge in [-0.25, -0.2) is 0 Å². The van der Waals surface area contributed by atoms with Gasteiger partial charge in [-0.3, -0.25) is 19.5 Å². The lowest BCUT2D eigenvalue weighted by Crippen LogP contribution is -2.29. The van der Waals surface area contributed by atoms with Crippen LogP contribution in [0.1, 0.15) is 36.6 Å². The molecule has 1 unspecified atom stereocenters. The van der Waals surface area contributed by atoms with Gasteiger partial charge in [0.2, 0.25) is 0 Å². The summed E-state index contributed by atoms with van der Waals surface area (Å²) in [6, 6.07) is 21.3. The lowest BCUT2D eigenvalue weighted by atomic mass is 9.95. The van der Waals surface area contributed by atoms with E-state index in [-0.39, 0.29) is 11.3 Å². The van der Waals surface area contributed by atoms with Crippen molar-refractivity contribution in [1.82, 2.24) is 4.98 Å². The molecule has 6 heteroatoms. The number of benzene rings is 3. The number of carbonyl (C=O) groups is 2. The number of nitrogens with zero attached hydrogens (tertiary/aromatic N) is 2. The van der Waals surface area contributed by atoms with Crippen LogP contribution in [0, 0.1) is 12.8 Å². The van der Waals surface area contributed by atoms with Gasteiger partial charge in [0.25, 0.3) is 11.7 Å². The number of hydrogen-bond donors (Lipinski definition) is 1. The van der Waals surface area contributed by atoms with Crippen molar-refractivity contribution in [3.63, 3.8) is 0 Å². The quantitative estimate of drug-likeness (QED) is 0.197. The summed E-state index contributed by atoms with van der Waals surface area (Å²) in [5.74, 6) is -0.576. The average molecular weight is 493 g/mol. The first-order valence-corrected chi connectivity index (χ1v) is 12.3. The van der Waals surface area contributed by atoms with Crippen LogP contribution in [0.25, 0.3) is 16.5 Å². The summed E-state index contributed by atoms with van der Waals surface area (Å²) in [4.78, 5) is 32.7. The number of carbonyl (C=O) groups excluding carboxylic acids is 2. The van der Waals surface area contributed by atoms with Crippen LogP contribution < -0.4 is 9.64 Å². The summed E-state index contributed by atoms with van der Waals surface area (Å²) < 4.78 is 5.87. The average Bonchev–Trinajstić information content (AvgIpc) is 3.17. The second kappa shape index (κ2) is 9.90. The van der Waals surface area contributed by atoms with Gasteiger partial charge in [0.15, 0.2) is 0 Å². The number of amides is 1. The van der Waals surface area contributed by atoms with Gasteiger partial charge in [0, 0.05) is 23.3 Å². The fourth-order valence-corrected chi connectivity index (χ4v) is 4.72. The Morgan fingerprint density at radius 3 is 2.54 bits per heavy atom. The molecule has 186 valence electrons. The normalized spacial score (nSPS) is 17.1. The predicted molar refractivity (Wildman–Crippen MR) is 144 cm³/mol. The van der Waals surface area contributed by atoms with E-state index in [0.717, 1.165) is 16.3 Å². The highest BCUT2D eigenvalue weighted by atomic mass is 16.5. The van der Waals surface area contributed by atoms with E-state index in [9.17, 15) is 14.7 Å². The first kappa shape index (κ1) is 24.3. The van der Waals surface area contributed by atoms with Gasteiger partial charge in [-0.15, -0.1) is 0 Å². The second-order valence-corrected chi connectivity index (χ2v) is 9.64. The van der Waals surface area contributed by atoms with E-state index in [0.29, 0.717) is 35.1 Å².